The topological polar surface area (TPSA) is 88.8 Å². The molecule has 0 aromatic carbocycles. The number of piperidine rings is 1. The van der Waals surface area contributed by atoms with Crippen molar-refractivity contribution >= 4 is 16.0 Å². The summed E-state index contributed by atoms with van der Waals surface area (Å²) in [4.78, 5) is 11.6. The van der Waals surface area contributed by atoms with Gasteiger partial charge in [-0.25, -0.2) is 13.2 Å². The number of methoxy groups -OCH3 is 1. The summed E-state index contributed by atoms with van der Waals surface area (Å²) in [5.74, 6) is -0.477. The van der Waals surface area contributed by atoms with Gasteiger partial charge in [-0.3, -0.25) is 0 Å². The minimum absolute atomic E-state index is 0.0622. The number of aryl methyl sites for hydroxylation is 1. The van der Waals surface area contributed by atoms with E-state index in [1.165, 1.54) is 17.5 Å². The van der Waals surface area contributed by atoms with Crippen molar-refractivity contribution in [1.29, 1.82) is 0 Å². The van der Waals surface area contributed by atoms with Crippen molar-refractivity contribution in [3.63, 3.8) is 0 Å². The Bertz CT molecular complexity index is 638. The predicted octanol–water partition coefficient (Wildman–Crippen LogP) is 1.00. The number of nitrogens with one attached hydrogen (secondary N) is 1. The normalized spacial score (nSPS) is 20.0. The molecule has 1 N–H and O–H groups in total. The van der Waals surface area contributed by atoms with Gasteiger partial charge in [0.2, 0.25) is 15.8 Å². The van der Waals surface area contributed by atoms with Gasteiger partial charge >= 0.3 is 5.97 Å². The van der Waals surface area contributed by atoms with E-state index < -0.39 is 16.0 Å². The Morgan fingerprint density at radius 2 is 2.27 bits per heavy atom. The maximum atomic E-state index is 12.8. The lowest BCUT2D eigenvalue weighted by molar-refractivity contribution is 0.0563. The summed E-state index contributed by atoms with van der Waals surface area (Å²) < 4.78 is 37.1. The van der Waals surface area contributed by atoms with E-state index in [-0.39, 0.29) is 22.5 Å². The molecule has 1 aliphatic rings. The van der Waals surface area contributed by atoms with Crippen LogP contribution in [0.5, 0.6) is 0 Å². The van der Waals surface area contributed by atoms with E-state index in [0.717, 1.165) is 12.8 Å². The van der Waals surface area contributed by atoms with Gasteiger partial charge in [0.15, 0.2) is 0 Å². The maximum Gasteiger partial charge on any atom is 0.373 e. The third-order valence-corrected chi connectivity index (χ3v) is 5.80. The highest BCUT2D eigenvalue weighted by molar-refractivity contribution is 7.89. The average Bonchev–Trinajstić information content (AvgIpc) is 2.99. The summed E-state index contributed by atoms with van der Waals surface area (Å²) in [5.41, 5.74) is 0. The highest BCUT2D eigenvalue weighted by atomic mass is 32.2. The molecule has 7 nitrogen and oxygen atoms in total. The fourth-order valence-electron chi connectivity index (χ4n) is 2.61. The third-order valence-electron chi connectivity index (χ3n) is 3.89. The van der Waals surface area contributed by atoms with Crippen LogP contribution in [0.15, 0.2) is 15.4 Å². The summed E-state index contributed by atoms with van der Waals surface area (Å²) >= 11 is 0. The zero-order valence-electron chi connectivity index (χ0n) is 13.1. The number of hydrogen-bond acceptors (Lipinski definition) is 6. The number of hydrogen-bond donors (Lipinski definition) is 1. The fourth-order valence-corrected chi connectivity index (χ4v) is 4.37. The smallest absolute Gasteiger partial charge is 0.373 e. The molecule has 1 aromatic rings. The lowest BCUT2D eigenvalue weighted by Crippen LogP contribution is -2.46. The summed E-state index contributed by atoms with van der Waals surface area (Å²) in [7, 11) is -0.623. The number of likely N-dealkylation sites (N-methyl/N-ethyl adjacent to an activating group) is 1. The molecule has 2 rings (SSSR count). The summed E-state index contributed by atoms with van der Waals surface area (Å²) in [6.07, 6.45) is 2.13. The van der Waals surface area contributed by atoms with Gasteiger partial charge in [-0.15, -0.1) is 0 Å². The van der Waals surface area contributed by atoms with E-state index in [9.17, 15) is 13.2 Å². The lowest BCUT2D eigenvalue weighted by atomic mass is 10.1. The van der Waals surface area contributed by atoms with Crippen LogP contribution >= 0.6 is 0 Å². The number of carbonyl (C=O) groups is 1. The minimum atomic E-state index is -3.68. The molecule has 22 heavy (non-hydrogen) atoms. The van der Waals surface area contributed by atoms with Crippen molar-refractivity contribution in [1.82, 2.24) is 9.62 Å². The molecule has 2 heterocycles. The third kappa shape index (κ3) is 3.18. The lowest BCUT2D eigenvalue weighted by Gasteiger charge is -2.31. The molecule has 0 aliphatic carbocycles. The van der Waals surface area contributed by atoms with Crippen LogP contribution in [-0.2, 0) is 21.2 Å². The molecular formula is C14H22N2O5S. The van der Waals surface area contributed by atoms with E-state index in [4.69, 9.17) is 4.42 Å². The van der Waals surface area contributed by atoms with Crippen molar-refractivity contribution in [2.45, 2.75) is 37.1 Å². The summed E-state index contributed by atoms with van der Waals surface area (Å²) in [6.45, 7) is 2.68. The summed E-state index contributed by atoms with van der Waals surface area (Å²) in [5, 5.41) is 3.11. The van der Waals surface area contributed by atoms with Crippen LogP contribution in [0.4, 0.5) is 0 Å². The molecule has 0 radical (unpaired) electrons. The molecule has 8 heteroatoms. The molecule has 0 saturated carbocycles. The molecule has 1 aromatic heterocycles. The average molecular weight is 330 g/mol. The highest BCUT2D eigenvalue weighted by Crippen LogP contribution is 2.27. The highest BCUT2D eigenvalue weighted by Gasteiger charge is 2.34. The van der Waals surface area contributed by atoms with Crippen LogP contribution in [0, 0.1) is 0 Å². The Morgan fingerprint density at radius 1 is 1.55 bits per heavy atom. The van der Waals surface area contributed by atoms with E-state index >= 15 is 0 Å². The first kappa shape index (κ1) is 17.0. The number of ether oxygens (including phenoxy) is 1. The van der Waals surface area contributed by atoms with Crippen molar-refractivity contribution in [3.8, 4) is 0 Å². The number of esters is 1. The van der Waals surface area contributed by atoms with E-state index in [1.807, 2.05) is 7.05 Å². The largest absolute Gasteiger partial charge is 0.463 e. The van der Waals surface area contributed by atoms with Crippen LogP contribution in [0.2, 0.25) is 0 Å². The second-order valence-electron chi connectivity index (χ2n) is 5.23. The molecule has 0 spiro atoms. The Hall–Kier alpha value is -1.38. The SMILES string of the molecule is CCc1oc(C(=O)OC)cc1S(=O)(=O)N1CCCC(NC)C1. The van der Waals surface area contributed by atoms with Crippen molar-refractivity contribution in [2.75, 3.05) is 27.2 Å². The van der Waals surface area contributed by atoms with Gasteiger partial charge in [0, 0.05) is 31.6 Å². The Kier molecular flexibility index (Phi) is 5.25. The first-order valence-corrected chi connectivity index (χ1v) is 8.76. The van der Waals surface area contributed by atoms with Crippen LogP contribution in [-0.4, -0.2) is 52.0 Å². The minimum Gasteiger partial charge on any atom is -0.463 e. The molecule has 1 unspecified atom stereocenters. The number of furan rings is 1. The van der Waals surface area contributed by atoms with Gasteiger partial charge in [-0.2, -0.15) is 4.31 Å². The first-order chi connectivity index (χ1) is 10.4. The molecule has 1 atom stereocenters. The van der Waals surface area contributed by atoms with Crippen LogP contribution in [0.25, 0.3) is 0 Å². The van der Waals surface area contributed by atoms with E-state index in [1.54, 1.807) is 6.92 Å². The van der Waals surface area contributed by atoms with E-state index in [2.05, 4.69) is 10.1 Å². The second-order valence-corrected chi connectivity index (χ2v) is 7.14. The molecule has 1 aliphatic heterocycles. The van der Waals surface area contributed by atoms with Gasteiger partial charge in [-0.1, -0.05) is 6.92 Å². The Morgan fingerprint density at radius 3 is 2.86 bits per heavy atom. The number of carbonyl (C=O) groups excluding carboxylic acids is 1. The van der Waals surface area contributed by atoms with Crippen LogP contribution < -0.4 is 5.32 Å². The van der Waals surface area contributed by atoms with E-state index in [0.29, 0.717) is 19.5 Å². The monoisotopic (exact) mass is 330 g/mol. The summed E-state index contributed by atoms with van der Waals surface area (Å²) in [6, 6.07) is 1.41. The van der Waals surface area contributed by atoms with Crippen molar-refractivity contribution < 1.29 is 22.4 Å². The predicted molar refractivity (Wildman–Crippen MR) is 80.3 cm³/mol. The number of rotatable bonds is 5. The quantitative estimate of drug-likeness (QED) is 0.810. The zero-order chi connectivity index (χ0) is 16.3. The Balaban J connectivity index is 2.36. The van der Waals surface area contributed by atoms with Gasteiger partial charge in [0.25, 0.3) is 0 Å². The van der Waals surface area contributed by atoms with Crippen molar-refractivity contribution in [3.05, 3.63) is 17.6 Å². The van der Waals surface area contributed by atoms with Gasteiger partial charge in [0.05, 0.1) is 7.11 Å². The van der Waals surface area contributed by atoms with Crippen LogP contribution in [0.1, 0.15) is 36.1 Å². The van der Waals surface area contributed by atoms with Gasteiger partial charge < -0.3 is 14.5 Å². The molecule has 0 amide bonds. The number of sulfonamides is 1. The molecule has 1 fully saturated rings. The standard InChI is InChI=1S/C14H22N2O5S/c1-4-11-13(8-12(21-11)14(17)20-3)22(18,19)16-7-5-6-10(9-16)15-2/h8,10,15H,4-7,9H2,1-3H3. The molecule has 0 bridgehead atoms. The molecule has 1 saturated heterocycles. The zero-order valence-corrected chi connectivity index (χ0v) is 13.9. The van der Waals surface area contributed by atoms with Gasteiger partial charge in [-0.05, 0) is 19.9 Å². The Labute approximate surface area is 130 Å². The second kappa shape index (κ2) is 6.80. The van der Waals surface area contributed by atoms with Crippen LogP contribution in [0.3, 0.4) is 0 Å². The maximum absolute atomic E-state index is 12.8. The number of nitrogens with zero attached hydrogens (tertiary/aromatic N) is 1. The van der Waals surface area contributed by atoms with Gasteiger partial charge in [0.1, 0.15) is 10.7 Å². The molecular weight excluding hydrogens is 308 g/mol. The van der Waals surface area contributed by atoms with Crippen molar-refractivity contribution in [2.24, 2.45) is 0 Å². The molecule has 124 valence electrons. The first-order valence-electron chi connectivity index (χ1n) is 7.32. The fraction of sp³-hybridized carbons (Fsp3) is 0.643.